The maximum absolute atomic E-state index is 12.1. The highest BCUT2D eigenvalue weighted by Crippen LogP contribution is 2.22. The number of likely N-dealkylation sites (tertiary alicyclic amines) is 1. The van der Waals surface area contributed by atoms with Gasteiger partial charge < -0.3 is 20.4 Å². The van der Waals surface area contributed by atoms with Crippen molar-refractivity contribution in [1.29, 1.82) is 0 Å². The van der Waals surface area contributed by atoms with Crippen LogP contribution in [-0.2, 0) is 9.59 Å². The van der Waals surface area contributed by atoms with E-state index in [2.05, 4.69) is 12.2 Å². The van der Waals surface area contributed by atoms with Gasteiger partial charge in [0.15, 0.2) is 0 Å². The minimum atomic E-state index is -1.21. The van der Waals surface area contributed by atoms with Crippen molar-refractivity contribution in [3.63, 3.8) is 0 Å². The van der Waals surface area contributed by atoms with E-state index in [0.29, 0.717) is 12.5 Å². The number of carboxylic acids is 2. The minimum Gasteiger partial charge on any atom is -0.481 e. The molecule has 20 heavy (non-hydrogen) atoms. The van der Waals surface area contributed by atoms with Gasteiger partial charge in [-0.05, 0) is 32.1 Å². The number of hydrogen-bond acceptors (Lipinski definition) is 3. The number of urea groups is 1. The first-order valence-electron chi connectivity index (χ1n) is 6.84. The average Bonchev–Trinajstić information content (AvgIpc) is 2.36. The third-order valence-electron chi connectivity index (χ3n) is 3.88. The topological polar surface area (TPSA) is 107 Å². The number of nitrogens with zero attached hydrogens (tertiary/aromatic N) is 1. The van der Waals surface area contributed by atoms with Gasteiger partial charge in [0.05, 0.1) is 0 Å². The van der Waals surface area contributed by atoms with E-state index in [0.717, 1.165) is 12.8 Å². The van der Waals surface area contributed by atoms with Crippen molar-refractivity contribution in [1.82, 2.24) is 10.2 Å². The average molecular weight is 286 g/mol. The van der Waals surface area contributed by atoms with E-state index in [1.807, 2.05) is 6.92 Å². The molecule has 1 rings (SSSR count). The lowest BCUT2D eigenvalue weighted by Gasteiger charge is -2.38. The summed E-state index contributed by atoms with van der Waals surface area (Å²) in [5, 5.41) is 20.0. The third-order valence-corrected chi connectivity index (χ3v) is 3.88. The standard InChI is InChI=1S/C13H22N2O5/c1-8-4-3-7-15(9(8)2)13(20)14-10(12(18)19)5-6-11(16)17/h8-10H,3-7H2,1-2H3,(H,14,20)(H,16,17)(H,18,19)/t8?,9?,10-/m0/s1. The molecule has 1 saturated heterocycles. The molecule has 3 atom stereocenters. The molecule has 1 fully saturated rings. The summed E-state index contributed by atoms with van der Waals surface area (Å²) >= 11 is 0. The second kappa shape index (κ2) is 7.12. The number of aliphatic carboxylic acids is 2. The third kappa shape index (κ3) is 4.40. The summed E-state index contributed by atoms with van der Waals surface area (Å²) in [5.74, 6) is -1.92. The number of carbonyl (C=O) groups is 3. The van der Waals surface area contributed by atoms with Gasteiger partial charge in [0.2, 0.25) is 0 Å². The normalized spacial score (nSPS) is 24.0. The molecule has 0 aromatic carbocycles. The van der Waals surface area contributed by atoms with Crippen LogP contribution in [0.4, 0.5) is 4.79 Å². The van der Waals surface area contributed by atoms with Crippen molar-refractivity contribution in [2.75, 3.05) is 6.54 Å². The van der Waals surface area contributed by atoms with Gasteiger partial charge in [-0.3, -0.25) is 4.79 Å². The Balaban J connectivity index is 2.60. The van der Waals surface area contributed by atoms with Gasteiger partial charge in [-0.1, -0.05) is 6.92 Å². The Labute approximate surface area is 117 Å². The zero-order valence-corrected chi connectivity index (χ0v) is 11.8. The molecule has 3 N–H and O–H groups in total. The van der Waals surface area contributed by atoms with Gasteiger partial charge in [-0.15, -0.1) is 0 Å². The summed E-state index contributed by atoms with van der Waals surface area (Å²) < 4.78 is 0. The fourth-order valence-corrected chi connectivity index (χ4v) is 2.38. The number of hydrogen-bond donors (Lipinski definition) is 3. The highest BCUT2D eigenvalue weighted by atomic mass is 16.4. The molecular weight excluding hydrogens is 264 g/mol. The van der Waals surface area contributed by atoms with Crippen LogP contribution in [0, 0.1) is 5.92 Å². The number of rotatable bonds is 5. The maximum Gasteiger partial charge on any atom is 0.326 e. The Hall–Kier alpha value is -1.79. The van der Waals surface area contributed by atoms with Crippen molar-refractivity contribution >= 4 is 18.0 Å². The van der Waals surface area contributed by atoms with Crippen LogP contribution in [0.25, 0.3) is 0 Å². The smallest absolute Gasteiger partial charge is 0.326 e. The molecule has 0 bridgehead atoms. The van der Waals surface area contributed by atoms with Crippen LogP contribution in [0.5, 0.6) is 0 Å². The number of piperidine rings is 1. The van der Waals surface area contributed by atoms with Crippen LogP contribution in [0.15, 0.2) is 0 Å². The highest BCUT2D eigenvalue weighted by Gasteiger charge is 2.30. The van der Waals surface area contributed by atoms with Crippen LogP contribution in [0.3, 0.4) is 0 Å². The second-order valence-electron chi connectivity index (χ2n) is 5.33. The molecule has 0 radical (unpaired) electrons. The maximum atomic E-state index is 12.1. The van der Waals surface area contributed by atoms with Gasteiger partial charge in [0, 0.05) is 19.0 Å². The van der Waals surface area contributed by atoms with Crippen molar-refractivity contribution in [3.8, 4) is 0 Å². The quantitative estimate of drug-likeness (QED) is 0.702. The highest BCUT2D eigenvalue weighted by molar-refractivity contribution is 5.83. The molecule has 7 nitrogen and oxygen atoms in total. The summed E-state index contributed by atoms with van der Waals surface area (Å²) in [6, 6.07) is -1.54. The molecule has 114 valence electrons. The summed E-state index contributed by atoms with van der Waals surface area (Å²) in [5.41, 5.74) is 0. The first-order valence-corrected chi connectivity index (χ1v) is 6.84. The number of amides is 2. The van der Waals surface area contributed by atoms with Crippen molar-refractivity contribution in [2.45, 2.75) is 51.6 Å². The summed E-state index contributed by atoms with van der Waals surface area (Å²) in [6.07, 6.45) is 1.54. The van der Waals surface area contributed by atoms with Gasteiger partial charge in [0.1, 0.15) is 6.04 Å². The van der Waals surface area contributed by atoms with Crippen LogP contribution >= 0.6 is 0 Å². The lowest BCUT2D eigenvalue weighted by Crippen LogP contribution is -2.54. The van der Waals surface area contributed by atoms with Crippen LogP contribution in [0.2, 0.25) is 0 Å². The molecule has 0 aromatic rings. The Morgan fingerprint density at radius 3 is 2.50 bits per heavy atom. The molecule has 0 saturated carbocycles. The van der Waals surface area contributed by atoms with E-state index < -0.39 is 24.0 Å². The first-order chi connectivity index (χ1) is 9.32. The molecule has 0 aliphatic carbocycles. The fourth-order valence-electron chi connectivity index (χ4n) is 2.38. The SMILES string of the molecule is CC1CCCN(C(=O)N[C@@H](CCC(=O)O)C(=O)O)C1C. The fraction of sp³-hybridized carbons (Fsp3) is 0.769. The molecule has 1 heterocycles. The summed E-state index contributed by atoms with van der Waals surface area (Å²) in [7, 11) is 0. The van der Waals surface area contributed by atoms with Gasteiger partial charge in [0.25, 0.3) is 0 Å². The molecule has 2 unspecified atom stereocenters. The van der Waals surface area contributed by atoms with Gasteiger partial charge in [-0.25, -0.2) is 9.59 Å². The van der Waals surface area contributed by atoms with Crippen molar-refractivity contribution < 1.29 is 24.6 Å². The Morgan fingerprint density at radius 2 is 1.95 bits per heavy atom. The number of nitrogens with one attached hydrogen (secondary N) is 1. The van der Waals surface area contributed by atoms with E-state index in [4.69, 9.17) is 10.2 Å². The lowest BCUT2D eigenvalue weighted by atomic mass is 9.92. The van der Waals surface area contributed by atoms with E-state index in [1.165, 1.54) is 0 Å². The second-order valence-corrected chi connectivity index (χ2v) is 5.33. The largest absolute Gasteiger partial charge is 0.481 e. The molecule has 0 spiro atoms. The zero-order valence-electron chi connectivity index (χ0n) is 11.8. The predicted molar refractivity (Wildman–Crippen MR) is 71.4 cm³/mol. The molecule has 0 aromatic heterocycles. The van der Waals surface area contributed by atoms with E-state index in [9.17, 15) is 14.4 Å². The first kappa shape index (κ1) is 16.3. The van der Waals surface area contributed by atoms with Crippen molar-refractivity contribution in [3.05, 3.63) is 0 Å². The van der Waals surface area contributed by atoms with Crippen LogP contribution < -0.4 is 5.32 Å². The summed E-state index contributed by atoms with van der Waals surface area (Å²) in [6.45, 7) is 4.60. The van der Waals surface area contributed by atoms with Gasteiger partial charge >= 0.3 is 18.0 Å². The van der Waals surface area contributed by atoms with E-state index in [1.54, 1.807) is 4.90 Å². The molecular formula is C13H22N2O5. The Morgan fingerprint density at radius 1 is 1.30 bits per heavy atom. The Bertz CT molecular complexity index is 385. The van der Waals surface area contributed by atoms with E-state index >= 15 is 0 Å². The van der Waals surface area contributed by atoms with Gasteiger partial charge in [-0.2, -0.15) is 0 Å². The van der Waals surface area contributed by atoms with Crippen LogP contribution in [0.1, 0.15) is 39.5 Å². The molecule has 7 heteroatoms. The van der Waals surface area contributed by atoms with Crippen LogP contribution in [-0.4, -0.2) is 51.7 Å². The van der Waals surface area contributed by atoms with E-state index in [-0.39, 0.29) is 18.9 Å². The monoisotopic (exact) mass is 286 g/mol. The molecule has 1 aliphatic rings. The minimum absolute atomic E-state index is 0.0534. The number of carboxylic acid groups (broad SMARTS) is 2. The Kier molecular flexibility index (Phi) is 5.79. The molecule has 2 amide bonds. The number of carbonyl (C=O) groups excluding carboxylic acids is 1. The lowest BCUT2D eigenvalue weighted by molar-refractivity contribution is -0.140. The predicted octanol–water partition coefficient (Wildman–Crippen LogP) is 1.13. The zero-order chi connectivity index (χ0) is 15.3. The molecule has 1 aliphatic heterocycles. The van der Waals surface area contributed by atoms with Crippen molar-refractivity contribution in [2.24, 2.45) is 5.92 Å². The summed E-state index contributed by atoms with van der Waals surface area (Å²) in [4.78, 5) is 35.3.